The summed E-state index contributed by atoms with van der Waals surface area (Å²) in [5, 5.41) is 3.80. The lowest BCUT2D eigenvalue weighted by Gasteiger charge is -2.61. The Morgan fingerprint density at radius 3 is 2.50 bits per heavy atom. The molecule has 4 saturated carbocycles. The largest absolute Gasteiger partial charge is 0.360 e. The van der Waals surface area contributed by atoms with Gasteiger partial charge in [0.15, 0.2) is 0 Å². The molecule has 0 aromatic heterocycles. The van der Waals surface area contributed by atoms with Gasteiger partial charge in [-0.3, -0.25) is 5.32 Å². The second kappa shape index (κ2) is 7.75. The highest BCUT2D eigenvalue weighted by atomic mass is 16.5. The first-order valence-corrected chi connectivity index (χ1v) is 13.7. The standard InChI is InChI=1S/C28H49NO/c1-7-17(2)16-29-26-19(4)25-24(30-26)15-23-21-9-8-20-14-18(3)10-12-27(20,5)22(21)11-13-28(23,25)6/h17-26,29H,7-16H2,1-6H3/t17-,18?,19?,20?,21+,22?,23?,24-,25?,26-,27-,28-/m0/s1. The molecule has 1 saturated heterocycles. The molecular formula is C28H49NO. The summed E-state index contributed by atoms with van der Waals surface area (Å²) in [7, 11) is 0. The van der Waals surface area contributed by atoms with Crippen LogP contribution in [0.1, 0.15) is 99.3 Å². The van der Waals surface area contributed by atoms with E-state index in [1.54, 1.807) is 0 Å². The maximum absolute atomic E-state index is 6.76. The zero-order valence-corrected chi connectivity index (χ0v) is 20.8. The van der Waals surface area contributed by atoms with Gasteiger partial charge in [0, 0.05) is 12.5 Å². The third kappa shape index (κ3) is 3.17. The second-order valence-electron chi connectivity index (χ2n) is 13.2. The number of hydrogen-bond donors (Lipinski definition) is 1. The molecule has 1 heterocycles. The number of fused-ring (bicyclic) bond motifs is 7. The van der Waals surface area contributed by atoms with E-state index < -0.39 is 0 Å². The Balaban J connectivity index is 1.32. The van der Waals surface area contributed by atoms with Gasteiger partial charge in [0.2, 0.25) is 0 Å². The van der Waals surface area contributed by atoms with E-state index in [9.17, 15) is 0 Å². The highest BCUT2D eigenvalue weighted by molar-refractivity contribution is 5.13. The molecule has 12 atom stereocenters. The molecule has 5 fully saturated rings. The SMILES string of the molecule is CC[C@H](C)CN[C@H]1O[C@H]2CC3[C@@H]4CCC5CC(C)CC[C@]5(C)C4CC[C@]3(C)C2C1C. The van der Waals surface area contributed by atoms with E-state index in [0.29, 0.717) is 22.9 Å². The molecule has 0 amide bonds. The van der Waals surface area contributed by atoms with Crippen LogP contribution in [0.2, 0.25) is 0 Å². The van der Waals surface area contributed by atoms with Crippen LogP contribution in [0.15, 0.2) is 0 Å². The Kier molecular flexibility index (Phi) is 5.62. The Morgan fingerprint density at radius 2 is 1.73 bits per heavy atom. The number of ether oxygens (including phenoxy) is 1. The fourth-order valence-corrected chi connectivity index (χ4v) is 9.78. The lowest BCUT2D eigenvalue weighted by Crippen LogP contribution is -2.54. The van der Waals surface area contributed by atoms with Gasteiger partial charge in [-0.05, 0) is 97.2 Å². The quantitative estimate of drug-likeness (QED) is 0.540. The van der Waals surface area contributed by atoms with Gasteiger partial charge in [-0.1, -0.05) is 54.4 Å². The van der Waals surface area contributed by atoms with E-state index in [2.05, 4.69) is 46.9 Å². The van der Waals surface area contributed by atoms with Crippen LogP contribution in [0.25, 0.3) is 0 Å². The summed E-state index contributed by atoms with van der Waals surface area (Å²) in [6, 6.07) is 0. The maximum atomic E-state index is 6.76. The van der Waals surface area contributed by atoms with Crippen molar-refractivity contribution in [1.82, 2.24) is 5.32 Å². The summed E-state index contributed by atoms with van der Waals surface area (Å²) in [6.07, 6.45) is 13.9. The molecule has 172 valence electrons. The van der Waals surface area contributed by atoms with Crippen LogP contribution in [0.5, 0.6) is 0 Å². The van der Waals surface area contributed by atoms with Crippen LogP contribution in [0.3, 0.4) is 0 Å². The number of hydrogen-bond acceptors (Lipinski definition) is 2. The van der Waals surface area contributed by atoms with Gasteiger partial charge >= 0.3 is 0 Å². The Labute approximate surface area is 186 Å². The molecule has 6 unspecified atom stereocenters. The minimum Gasteiger partial charge on any atom is -0.360 e. The predicted octanol–water partition coefficient (Wildman–Crippen LogP) is 6.89. The molecule has 5 aliphatic rings. The molecule has 2 nitrogen and oxygen atoms in total. The third-order valence-corrected chi connectivity index (χ3v) is 11.7. The normalized spacial score (nSPS) is 56.0. The van der Waals surface area contributed by atoms with Crippen LogP contribution in [-0.4, -0.2) is 18.9 Å². The van der Waals surface area contributed by atoms with E-state index >= 15 is 0 Å². The molecule has 0 bridgehead atoms. The van der Waals surface area contributed by atoms with Gasteiger partial charge in [-0.2, -0.15) is 0 Å². The van der Waals surface area contributed by atoms with Crippen LogP contribution in [-0.2, 0) is 4.74 Å². The fourth-order valence-electron chi connectivity index (χ4n) is 9.78. The van der Waals surface area contributed by atoms with Crippen molar-refractivity contribution in [2.45, 2.75) is 112 Å². The molecule has 1 N–H and O–H groups in total. The highest BCUT2D eigenvalue weighted by Crippen LogP contribution is 2.70. The molecule has 4 aliphatic carbocycles. The first kappa shape index (κ1) is 21.7. The van der Waals surface area contributed by atoms with Crippen molar-refractivity contribution in [1.29, 1.82) is 0 Å². The molecule has 0 aromatic carbocycles. The summed E-state index contributed by atoms with van der Waals surface area (Å²) in [4.78, 5) is 0. The number of rotatable bonds is 4. The van der Waals surface area contributed by atoms with E-state index in [1.807, 2.05) is 0 Å². The van der Waals surface area contributed by atoms with Crippen LogP contribution in [0, 0.1) is 58.2 Å². The third-order valence-electron chi connectivity index (χ3n) is 11.7. The molecule has 0 radical (unpaired) electrons. The van der Waals surface area contributed by atoms with Crippen LogP contribution in [0.4, 0.5) is 0 Å². The van der Waals surface area contributed by atoms with Gasteiger partial charge in [-0.15, -0.1) is 0 Å². The van der Waals surface area contributed by atoms with Crippen molar-refractivity contribution in [3.05, 3.63) is 0 Å². The Bertz CT molecular complexity index is 634. The van der Waals surface area contributed by atoms with E-state index in [1.165, 1.54) is 57.8 Å². The Morgan fingerprint density at radius 1 is 0.967 bits per heavy atom. The lowest BCUT2D eigenvalue weighted by atomic mass is 9.44. The van der Waals surface area contributed by atoms with Gasteiger partial charge in [-0.25, -0.2) is 0 Å². The summed E-state index contributed by atoms with van der Waals surface area (Å²) < 4.78 is 6.76. The van der Waals surface area contributed by atoms with Crippen molar-refractivity contribution in [3.8, 4) is 0 Å². The van der Waals surface area contributed by atoms with Crippen molar-refractivity contribution >= 4 is 0 Å². The zero-order chi connectivity index (χ0) is 21.3. The Hall–Kier alpha value is -0.0800. The van der Waals surface area contributed by atoms with Crippen molar-refractivity contribution in [2.75, 3.05) is 6.54 Å². The monoisotopic (exact) mass is 415 g/mol. The lowest BCUT2D eigenvalue weighted by molar-refractivity contribution is -0.121. The van der Waals surface area contributed by atoms with Gasteiger partial charge < -0.3 is 4.74 Å². The number of nitrogens with one attached hydrogen (secondary N) is 1. The van der Waals surface area contributed by atoms with Crippen molar-refractivity contribution in [2.24, 2.45) is 58.2 Å². The van der Waals surface area contributed by atoms with E-state index in [0.717, 1.165) is 48.0 Å². The maximum Gasteiger partial charge on any atom is 0.111 e. The average molecular weight is 416 g/mol. The van der Waals surface area contributed by atoms with Gasteiger partial charge in [0.25, 0.3) is 0 Å². The van der Waals surface area contributed by atoms with Gasteiger partial charge in [0.05, 0.1) is 6.10 Å². The predicted molar refractivity (Wildman–Crippen MR) is 125 cm³/mol. The molecule has 0 aromatic rings. The van der Waals surface area contributed by atoms with Crippen molar-refractivity contribution in [3.63, 3.8) is 0 Å². The zero-order valence-electron chi connectivity index (χ0n) is 20.8. The van der Waals surface area contributed by atoms with Crippen LogP contribution < -0.4 is 5.32 Å². The first-order valence-electron chi connectivity index (χ1n) is 13.7. The summed E-state index contributed by atoms with van der Waals surface area (Å²) in [5.74, 6) is 7.05. The minimum absolute atomic E-state index is 0.289. The second-order valence-corrected chi connectivity index (χ2v) is 13.2. The summed E-state index contributed by atoms with van der Waals surface area (Å²) in [5.41, 5.74) is 1.16. The molecular weight excluding hydrogens is 366 g/mol. The molecule has 30 heavy (non-hydrogen) atoms. The summed E-state index contributed by atoms with van der Waals surface area (Å²) in [6.45, 7) is 16.2. The minimum atomic E-state index is 0.289. The molecule has 2 heteroatoms. The first-order chi connectivity index (χ1) is 14.3. The fraction of sp³-hybridized carbons (Fsp3) is 1.00. The molecule has 1 aliphatic heterocycles. The highest BCUT2D eigenvalue weighted by Gasteiger charge is 2.65. The molecule has 5 rings (SSSR count). The average Bonchev–Trinajstić information content (AvgIpc) is 3.20. The van der Waals surface area contributed by atoms with Crippen molar-refractivity contribution < 1.29 is 4.74 Å². The van der Waals surface area contributed by atoms with Gasteiger partial charge in [0.1, 0.15) is 6.23 Å². The smallest absolute Gasteiger partial charge is 0.111 e. The topological polar surface area (TPSA) is 21.3 Å². The molecule has 0 spiro atoms. The van der Waals surface area contributed by atoms with E-state index in [4.69, 9.17) is 4.74 Å². The van der Waals surface area contributed by atoms with E-state index in [-0.39, 0.29) is 6.23 Å². The van der Waals surface area contributed by atoms with Crippen LogP contribution >= 0.6 is 0 Å². The summed E-state index contributed by atoms with van der Waals surface area (Å²) >= 11 is 0.